The number of halogens is 8. The Hall–Kier alpha value is -3.05. The fourth-order valence-corrected chi connectivity index (χ4v) is 4.92. The number of hydrogen-bond acceptors (Lipinski definition) is 4. The standard InChI is InChI=1S/C29H21Cl2F6NO2S/c30-24-8-3-9-26(27(24)31)40-22-6-2-5-21(15-22)38(16-18-4-1-7-23(14-18)41-29(35,36)37)17-25(39)19-10-12-20(13-11-19)28(32,33)34/h1-15,25,39H,16-17H2. The summed E-state index contributed by atoms with van der Waals surface area (Å²) in [6, 6.07) is 21.6. The van der Waals surface area contributed by atoms with Crippen molar-refractivity contribution >= 4 is 40.7 Å². The van der Waals surface area contributed by atoms with Crippen molar-refractivity contribution in [3.8, 4) is 11.5 Å². The number of benzene rings is 4. The fraction of sp³-hybridized carbons (Fsp3) is 0.172. The Labute approximate surface area is 246 Å². The molecular formula is C29H21Cl2F6NO2S. The molecule has 3 nitrogen and oxygen atoms in total. The number of rotatable bonds is 9. The van der Waals surface area contributed by atoms with Gasteiger partial charge in [-0.15, -0.1) is 0 Å². The van der Waals surface area contributed by atoms with Crippen molar-refractivity contribution in [2.24, 2.45) is 0 Å². The van der Waals surface area contributed by atoms with Crippen LogP contribution in [0.2, 0.25) is 10.0 Å². The number of alkyl halides is 6. The molecule has 0 heterocycles. The van der Waals surface area contributed by atoms with Crippen LogP contribution in [0.15, 0.2) is 95.9 Å². The van der Waals surface area contributed by atoms with Crippen molar-refractivity contribution < 1.29 is 36.2 Å². The van der Waals surface area contributed by atoms with E-state index in [0.29, 0.717) is 27.8 Å². The molecule has 0 spiro atoms. The number of ether oxygens (including phenoxy) is 1. The van der Waals surface area contributed by atoms with Crippen molar-refractivity contribution in [3.05, 3.63) is 118 Å². The summed E-state index contributed by atoms with van der Waals surface area (Å²) in [7, 11) is 0. The Kier molecular flexibility index (Phi) is 9.69. The smallest absolute Gasteiger partial charge is 0.446 e. The van der Waals surface area contributed by atoms with Crippen molar-refractivity contribution in [1.29, 1.82) is 0 Å². The molecule has 0 fully saturated rings. The third-order valence-corrected chi connectivity index (χ3v) is 7.37. The summed E-state index contributed by atoms with van der Waals surface area (Å²) in [5.41, 5.74) is -4.04. The molecule has 0 amide bonds. The Bertz CT molecular complexity index is 1480. The number of hydrogen-bond donors (Lipinski definition) is 1. The van der Waals surface area contributed by atoms with Crippen LogP contribution in [-0.2, 0) is 12.7 Å². The molecule has 4 aromatic rings. The average Bonchev–Trinajstić information content (AvgIpc) is 2.90. The Morgan fingerprint density at radius 2 is 1.51 bits per heavy atom. The van der Waals surface area contributed by atoms with E-state index in [1.807, 2.05) is 0 Å². The van der Waals surface area contributed by atoms with E-state index in [9.17, 15) is 31.4 Å². The Morgan fingerprint density at radius 3 is 2.20 bits per heavy atom. The minimum absolute atomic E-state index is 0.00841. The molecule has 0 aromatic heterocycles. The molecule has 4 aromatic carbocycles. The molecule has 1 unspecified atom stereocenters. The highest BCUT2D eigenvalue weighted by atomic mass is 35.5. The molecule has 0 aliphatic heterocycles. The molecule has 1 atom stereocenters. The molecule has 0 bridgehead atoms. The predicted molar refractivity (Wildman–Crippen MR) is 149 cm³/mol. The summed E-state index contributed by atoms with van der Waals surface area (Å²) in [4.78, 5) is 1.68. The highest BCUT2D eigenvalue weighted by Crippen LogP contribution is 2.38. The second-order valence-electron chi connectivity index (χ2n) is 8.86. The first-order chi connectivity index (χ1) is 19.3. The number of nitrogens with zero attached hydrogens (tertiary/aromatic N) is 1. The zero-order valence-corrected chi connectivity index (χ0v) is 23.2. The van der Waals surface area contributed by atoms with Gasteiger partial charge in [-0.05, 0) is 71.4 Å². The lowest BCUT2D eigenvalue weighted by molar-refractivity contribution is -0.137. The third-order valence-electron chi connectivity index (χ3n) is 5.85. The molecule has 41 heavy (non-hydrogen) atoms. The average molecular weight is 632 g/mol. The first kappa shape index (κ1) is 30.9. The van der Waals surface area contributed by atoms with Gasteiger partial charge in [0.1, 0.15) is 16.5 Å². The van der Waals surface area contributed by atoms with Crippen LogP contribution in [0.25, 0.3) is 0 Å². The van der Waals surface area contributed by atoms with Gasteiger partial charge in [0, 0.05) is 29.7 Å². The monoisotopic (exact) mass is 631 g/mol. The van der Waals surface area contributed by atoms with Crippen LogP contribution in [0.3, 0.4) is 0 Å². The Morgan fingerprint density at radius 1 is 0.829 bits per heavy atom. The number of aliphatic hydroxyl groups is 1. The molecule has 0 radical (unpaired) electrons. The van der Waals surface area contributed by atoms with Gasteiger partial charge in [0.2, 0.25) is 0 Å². The lowest BCUT2D eigenvalue weighted by atomic mass is 10.1. The first-order valence-corrected chi connectivity index (χ1v) is 13.5. The minimum Gasteiger partial charge on any atom is -0.456 e. The zero-order valence-electron chi connectivity index (χ0n) is 20.9. The van der Waals surface area contributed by atoms with E-state index < -0.39 is 23.4 Å². The Balaban J connectivity index is 1.64. The van der Waals surface area contributed by atoms with Crippen LogP contribution >= 0.6 is 35.0 Å². The maximum absolute atomic E-state index is 13.0. The minimum atomic E-state index is -4.53. The molecule has 1 N–H and O–H groups in total. The van der Waals surface area contributed by atoms with E-state index in [2.05, 4.69) is 0 Å². The highest BCUT2D eigenvalue weighted by Gasteiger charge is 2.31. The summed E-state index contributed by atoms with van der Waals surface area (Å²) in [5, 5.41) is 11.5. The van der Waals surface area contributed by atoms with Crippen LogP contribution in [-0.4, -0.2) is 17.2 Å². The van der Waals surface area contributed by atoms with E-state index in [1.54, 1.807) is 53.4 Å². The van der Waals surface area contributed by atoms with Gasteiger partial charge in [-0.1, -0.05) is 59.6 Å². The molecule has 216 valence electrons. The van der Waals surface area contributed by atoms with Gasteiger partial charge >= 0.3 is 11.7 Å². The van der Waals surface area contributed by atoms with E-state index >= 15 is 0 Å². The molecule has 0 aliphatic rings. The SMILES string of the molecule is OC(CN(Cc1cccc(SC(F)(F)F)c1)c1cccc(Oc2cccc(Cl)c2Cl)c1)c1ccc(C(F)(F)F)cc1. The topological polar surface area (TPSA) is 32.7 Å². The second-order valence-corrected chi connectivity index (χ2v) is 10.8. The van der Waals surface area contributed by atoms with Gasteiger partial charge < -0.3 is 14.7 Å². The lowest BCUT2D eigenvalue weighted by Crippen LogP contribution is -2.28. The van der Waals surface area contributed by atoms with Gasteiger partial charge in [-0.25, -0.2) is 0 Å². The molecule has 0 aliphatic carbocycles. The van der Waals surface area contributed by atoms with E-state index in [0.717, 1.165) is 12.1 Å². The fourth-order valence-electron chi connectivity index (χ4n) is 3.96. The molecular weight excluding hydrogens is 611 g/mol. The summed E-state index contributed by atoms with van der Waals surface area (Å²) < 4.78 is 83.8. The van der Waals surface area contributed by atoms with E-state index in [1.165, 1.54) is 30.3 Å². The maximum Gasteiger partial charge on any atom is 0.446 e. The van der Waals surface area contributed by atoms with Crippen LogP contribution in [0, 0.1) is 0 Å². The van der Waals surface area contributed by atoms with Crippen LogP contribution in [0.4, 0.5) is 32.0 Å². The number of aliphatic hydroxyl groups excluding tert-OH is 1. The molecule has 12 heteroatoms. The molecule has 0 saturated heterocycles. The van der Waals surface area contributed by atoms with Gasteiger partial charge in [0.15, 0.2) is 0 Å². The van der Waals surface area contributed by atoms with Gasteiger partial charge in [0.25, 0.3) is 0 Å². The van der Waals surface area contributed by atoms with Crippen molar-refractivity contribution in [2.45, 2.75) is 29.2 Å². The van der Waals surface area contributed by atoms with Crippen molar-refractivity contribution in [3.63, 3.8) is 0 Å². The van der Waals surface area contributed by atoms with Crippen LogP contribution < -0.4 is 9.64 Å². The van der Waals surface area contributed by atoms with Crippen molar-refractivity contribution in [2.75, 3.05) is 11.4 Å². The maximum atomic E-state index is 13.0. The number of anilines is 1. The second kappa shape index (κ2) is 12.9. The lowest BCUT2D eigenvalue weighted by Gasteiger charge is -2.28. The number of thioether (sulfide) groups is 1. The zero-order chi connectivity index (χ0) is 29.8. The van der Waals surface area contributed by atoms with E-state index in [-0.39, 0.29) is 40.3 Å². The summed E-state index contributed by atoms with van der Waals surface area (Å²) >= 11 is 12.1. The normalized spacial score (nSPS) is 12.7. The predicted octanol–water partition coefficient (Wildman–Crippen LogP) is 10.2. The summed E-state index contributed by atoms with van der Waals surface area (Å²) in [6.07, 6.45) is -5.75. The molecule has 4 rings (SSSR count). The van der Waals surface area contributed by atoms with Gasteiger partial charge in [-0.2, -0.15) is 26.3 Å². The first-order valence-electron chi connectivity index (χ1n) is 12.0. The third kappa shape index (κ3) is 8.72. The van der Waals surface area contributed by atoms with Crippen LogP contribution in [0.5, 0.6) is 11.5 Å². The summed E-state index contributed by atoms with van der Waals surface area (Å²) in [5.74, 6) is 0.659. The summed E-state index contributed by atoms with van der Waals surface area (Å²) in [6.45, 7) is -0.0191. The largest absolute Gasteiger partial charge is 0.456 e. The quantitative estimate of drug-likeness (QED) is 0.147. The van der Waals surface area contributed by atoms with Crippen molar-refractivity contribution in [1.82, 2.24) is 0 Å². The van der Waals surface area contributed by atoms with Gasteiger partial charge in [-0.3, -0.25) is 0 Å². The van der Waals surface area contributed by atoms with Gasteiger partial charge in [0.05, 0.1) is 16.7 Å². The van der Waals surface area contributed by atoms with E-state index in [4.69, 9.17) is 27.9 Å². The van der Waals surface area contributed by atoms with Crippen LogP contribution in [0.1, 0.15) is 22.8 Å². The molecule has 0 saturated carbocycles. The highest BCUT2D eigenvalue weighted by molar-refractivity contribution is 8.00.